The molecule has 108 valence electrons. The Kier molecular flexibility index (Phi) is 4.68. The number of fused-ring (bicyclic) bond motifs is 1. The van der Waals surface area contributed by atoms with Crippen molar-refractivity contribution in [3.05, 3.63) is 24.3 Å². The van der Waals surface area contributed by atoms with Gasteiger partial charge in [0.25, 0.3) is 0 Å². The van der Waals surface area contributed by atoms with Crippen LogP contribution in [-0.2, 0) is 4.74 Å². The van der Waals surface area contributed by atoms with Gasteiger partial charge in [0, 0.05) is 18.6 Å². The second-order valence-corrected chi connectivity index (χ2v) is 4.43. The Morgan fingerprint density at radius 1 is 1.30 bits per heavy atom. The van der Waals surface area contributed by atoms with E-state index in [2.05, 4.69) is 22.2 Å². The van der Waals surface area contributed by atoms with Crippen molar-refractivity contribution in [2.75, 3.05) is 26.1 Å². The SMILES string of the molecule is CCC(COC)Nc1ncnc2cc(F)c(OC)cc12. The minimum absolute atomic E-state index is 0.133. The molecule has 6 heteroatoms. The zero-order valence-electron chi connectivity index (χ0n) is 11.8. The molecule has 0 spiro atoms. The van der Waals surface area contributed by atoms with Gasteiger partial charge in [-0.05, 0) is 12.5 Å². The third kappa shape index (κ3) is 2.96. The zero-order chi connectivity index (χ0) is 14.5. The number of benzene rings is 1. The molecule has 1 N–H and O–H groups in total. The predicted molar refractivity (Wildman–Crippen MR) is 75.6 cm³/mol. The van der Waals surface area contributed by atoms with Gasteiger partial charge < -0.3 is 14.8 Å². The van der Waals surface area contributed by atoms with E-state index in [1.165, 1.54) is 19.5 Å². The van der Waals surface area contributed by atoms with Crippen LogP contribution in [0.15, 0.2) is 18.5 Å². The minimum Gasteiger partial charge on any atom is -0.494 e. The summed E-state index contributed by atoms with van der Waals surface area (Å²) in [5, 5.41) is 4.01. The van der Waals surface area contributed by atoms with E-state index < -0.39 is 5.82 Å². The summed E-state index contributed by atoms with van der Waals surface area (Å²) in [5.74, 6) is 0.390. The fraction of sp³-hybridized carbons (Fsp3) is 0.429. The first-order chi connectivity index (χ1) is 9.69. The van der Waals surface area contributed by atoms with Crippen LogP contribution in [0.1, 0.15) is 13.3 Å². The molecule has 0 saturated carbocycles. The second kappa shape index (κ2) is 6.47. The summed E-state index contributed by atoms with van der Waals surface area (Å²) >= 11 is 0. The number of anilines is 1. The molecule has 0 radical (unpaired) electrons. The van der Waals surface area contributed by atoms with E-state index in [4.69, 9.17) is 9.47 Å². The van der Waals surface area contributed by atoms with Crippen LogP contribution in [0.2, 0.25) is 0 Å². The maximum absolute atomic E-state index is 13.7. The lowest BCUT2D eigenvalue weighted by molar-refractivity contribution is 0.184. The molecular weight excluding hydrogens is 261 g/mol. The summed E-state index contributed by atoms with van der Waals surface area (Å²) in [6.45, 7) is 2.63. The topological polar surface area (TPSA) is 56.3 Å². The molecule has 1 aromatic carbocycles. The number of rotatable bonds is 6. The lowest BCUT2D eigenvalue weighted by atomic mass is 10.2. The van der Waals surface area contributed by atoms with Gasteiger partial charge in [-0.3, -0.25) is 0 Å². The van der Waals surface area contributed by atoms with Gasteiger partial charge in [0.1, 0.15) is 12.1 Å². The summed E-state index contributed by atoms with van der Waals surface area (Å²) in [5.41, 5.74) is 0.535. The number of methoxy groups -OCH3 is 2. The van der Waals surface area contributed by atoms with Crippen LogP contribution in [0.5, 0.6) is 5.75 Å². The van der Waals surface area contributed by atoms with E-state index in [-0.39, 0.29) is 11.8 Å². The number of nitrogens with zero attached hydrogens (tertiary/aromatic N) is 2. The first-order valence-corrected chi connectivity index (χ1v) is 6.43. The van der Waals surface area contributed by atoms with E-state index in [1.54, 1.807) is 13.2 Å². The molecule has 0 saturated heterocycles. The van der Waals surface area contributed by atoms with Crippen LogP contribution >= 0.6 is 0 Å². The molecule has 0 aliphatic rings. The maximum atomic E-state index is 13.7. The van der Waals surface area contributed by atoms with Crippen molar-refractivity contribution >= 4 is 16.7 Å². The summed E-state index contributed by atoms with van der Waals surface area (Å²) in [7, 11) is 3.09. The average molecular weight is 279 g/mol. The normalized spacial score (nSPS) is 12.4. The molecule has 2 aromatic rings. The van der Waals surface area contributed by atoms with Gasteiger partial charge in [0.05, 0.1) is 25.3 Å². The van der Waals surface area contributed by atoms with Crippen LogP contribution < -0.4 is 10.1 Å². The third-order valence-corrected chi connectivity index (χ3v) is 3.11. The molecule has 5 nitrogen and oxygen atoms in total. The Labute approximate surface area is 117 Å². The second-order valence-electron chi connectivity index (χ2n) is 4.43. The molecule has 2 rings (SSSR count). The molecule has 0 bridgehead atoms. The molecule has 1 unspecified atom stereocenters. The van der Waals surface area contributed by atoms with Crippen LogP contribution in [0.25, 0.3) is 10.9 Å². The monoisotopic (exact) mass is 279 g/mol. The Bertz CT molecular complexity index is 592. The molecule has 1 atom stereocenters. The molecule has 0 aliphatic carbocycles. The standard InChI is InChI=1S/C14H18FN3O2/c1-4-9(7-19-2)18-14-10-5-13(20-3)11(15)6-12(10)16-8-17-14/h5-6,8-9H,4,7H2,1-3H3,(H,16,17,18). The van der Waals surface area contributed by atoms with Crippen molar-refractivity contribution in [1.29, 1.82) is 0 Å². The predicted octanol–water partition coefficient (Wildman–Crippen LogP) is 2.61. The molecule has 0 fully saturated rings. The fourth-order valence-corrected chi connectivity index (χ4v) is 1.99. The van der Waals surface area contributed by atoms with Gasteiger partial charge in [-0.15, -0.1) is 0 Å². The Balaban J connectivity index is 2.42. The summed E-state index contributed by atoms with van der Waals surface area (Å²) in [6.07, 6.45) is 2.30. The molecule has 0 aliphatic heterocycles. The van der Waals surface area contributed by atoms with Crippen molar-refractivity contribution < 1.29 is 13.9 Å². The van der Waals surface area contributed by atoms with Gasteiger partial charge in [-0.1, -0.05) is 6.92 Å². The van der Waals surface area contributed by atoms with Crippen molar-refractivity contribution in [1.82, 2.24) is 9.97 Å². The maximum Gasteiger partial charge on any atom is 0.167 e. The largest absolute Gasteiger partial charge is 0.494 e. The number of hydrogen-bond acceptors (Lipinski definition) is 5. The molecular formula is C14H18FN3O2. The highest BCUT2D eigenvalue weighted by molar-refractivity contribution is 5.90. The summed E-state index contributed by atoms with van der Waals surface area (Å²) in [6, 6.07) is 3.08. The summed E-state index contributed by atoms with van der Waals surface area (Å²) in [4.78, 5) is 8.31. The summed E-state index contributed by atoms with van der Waals surface area (Å²) < 4.78 is 23.8. The van der Waals surface area contributed by atoms with E-state index in [0.717, 1.165) is 11.8 Å². The Morgan fingerprint density at radius 2 is 2.10 bits per heavy atom. The Morgan fingerprint density at radius 3 is 2.75 bits per heavy atom. The highest BCUT2D eigenvalue weighted by Crippen LogP contribution is 2.27. The van der Waals surface area contributed by atoms with Crippen LogP contribution in [-0.4, -0.2) is 36.8 Å². The van der Waals surface area contributed by atoms with Crippen LogP contribution in [0.3, 0.4) is 0 Å². The van der Waals surface area contributed by atoms with Crippen molar-refractivity contribution in [3.8, 4) is 5.75 Å². The van der Waals surface area contributed by atoms with Gasteiger partial charge in [-0.25, -0.2) is 14.4 Å². The molecule has 1 heterocycles. The van der Waals surface area contributed by atoms with E-state index in [1.807, 2.05) is 0 Å². The third-order valence-electron chi connectivity index (χ3n) is 3.11. The van der Waals surface area contributed by atoms with Crippen LogP contribution in [0.4, 0.5) is 10.2 Å². The van der Waals surface area contributed by atoms with Gasteiger partial charge in [0.2, 0.25) is 0 Å². The Hall–Kier alpha value is -1.95. The highest BCUT2D eigenvalue weighted by Gasteiger charge is 2.13. The van der Waals surface area contributed by atoms with Gasteiger partial charge in [-0.2, -0.15) is 0 Å². The van der Waals surface area contributed by atoms with Crippen molar-refractivity contribution in [3.63, 3.8) is 0 Å². The average Bonchev–Trinajstić information content (AvgIpc) is 2.46. The van der Waals surface area contributed by atoms with Gasteiger partial charge >= 0.3 is 0 Å². The fourth-order valence-electron chi connectivity index (χ4n) is 1.99. The van der Waals surface area contributed by atoms with Crippen molar-refractivity contribution in [2.45, 2.75) is 19.4 Å². The zero-order valence-corrected chi connectivity index (χ0v) is 11.8. The highest BCUT2D eigenvalue weighted by atomic mass is 19.1. The first kappa shape index (κ1) is 14.5. The number of nitrogens with one attached hydrogen (secondary N) is 1. The molecule has 1 aromatic heterocycles. The molecule has 0 amide bonds. The molecule has 20 heavy (non-hydrogen) atoms. The van der Waals surface area contributed by atoms with Gasteiger partial charge in [0.15, 0.2) is 11.6 Å². The first-order valence-electron chi connectivity index (χ1n) is 6.43. The number of aromatic nitrogens is 2. The minimum atomic E-state index is -0.436. The van der Waals surface area contributed by atoms with E-state index >= 15 is 0 Å². The van der Waals surface area contributed by atoms with Crippen molar-refractivity contribution in [2.24, 2.45) is 0 Å². The number of hydrogen-bond donors (Lipinski definition) is 1. The van der Waals surface area contributed by atoms with E-state index in [9.17, 15) is 4.39 Å². The van der Waals surface area contributed by atoms with E-state index in [0.29, 0.717) is 17.9 Å². The smallest absolute Gasteiger partial charge is 0.167 e. The van der Waals surface area contributed by atoms with Crippen LogP contribution in [0, 0.1) is 5.82 Å². The lowest BCUT2D eigenvalue weighted by Crippen LogP contribution is -2.24. The number of halogens is 1. The quantitative estimate of drug-likeness (QED) is 0.881. The lowest BCUT2D eigenvalue weighted by Gasteiger charge is -2.17. The number of ether oxygens (including phenoxy) is 2.